The van der Waals surface area contributed by atoms with Gasteiger partial charge in [0.15, 0.2) is 0 Å². The Morgan fingerprint density at radius 3 is 2.96 bits per heavy atom. The molecule has 128 valence electrons. The molecule has 0 radical (unpaired) electrons. The molecule has 1 aliphatic rings. The molecule has 6 nitrogen and oxygen atoms in total. The van der Waals surface area contributed by atoms with Gasteiger partial charge in [0.25, 0.3) is 0 Å². The van der Waals surface area contributed by atoms with Crippen LogP contribution in [-0.4, -0.2) is 29.1 Å². The van der Waals surface area contributed by atoms with Crippen molar-refractivity contribution in [3.63, 3.8) is 0 Å². The first-order valence-electron chi connectivity index (χ1n) is 8.28. The zero-order chi connectivity index (χ0) is 17.4. The first-order valence-corrected chi connectivity index (χ1v) is 8.28. The predicted octanol–water partition coefficient (Wildman–Crippen LogP) is 2.41. The molecular formula is C19H20N4O2. The molecule has 2 heterocycles. The van der Waals surface area contributed by atoms with Gasteiger partial charge in [-0.1, -0.05) is 30.3 Å². The second-order valence-corrected chi connectivity index (χ2v) is 6.19. The van der Waals surface area contributed by atoms with Gasteiger partial charge in [-0.05, 0) is 23.3 Å². The number of anilines is 1. The molecule has 4 rings (SSSR count). The molecule has 0 fully saturated rings. The SMILES string of the molecule is COc1cccc2c1nc(NC(=O)C1CNCc3ccccc31)n2C. The molecule has 0 spiro atoms. The van der Waals surface area contributed by atoms with Gasteiger partial charge in [0.05, 0.1) is 18.5 Å². The minimum absolute atomic E-state index is 0.0583. The maximum Gasteiger partial charge on any atom is 0.235 e. The van der Waals surface area contributed by atoms with Gasteiger partial charge in [-0.25, -0.2) is 4.98 Å². The van der Waals surface area contributed by atoms with Crippen molar-refractivity contribution >= 4 is 22.9 Å². The maximum absolute atomic E-state index is 12.9. The lowest BCUT2D eigenvalue weighted by Crippen LogP contribution is -2.35. The lowest BCUT2D eigenvalue weighted by Gasteiger charge is -2.25. The highest BCUT2D eigenvalue weighted by molar-refractivity contribution is 5.97. The summed E-state index contributed by atoms with van der Waals surface area (Å²) in [5.41, 5.74) is 3.90. The van der Waals surface area contributed by atoms with E-state index in [9.17, 15) is 4.79 Å². The Bertz CT molecular complexity index is 948. The fraction of sp³-hybridized carbons (Fsp3) is 0.263. The molecule has 25 heavy (non-hydrogen) atoms. The Morgan fingerprint density at radius 2 is 2.12 bits per heavy atom. The first kappa shape index (κ1) is 15.7. The number of methoxy groups -OCH3 is 1. The van der Waals surface area contributed by atoms with Crippen molar-refractivity contribution in [3.05, 3.63) is 53.6 Å². The summed E-state index contributed by atoms with van der Waals surface area (Å²) in [6.45, 7) is 1.42. The van der Waals surface area contributed by atoms with Crippen molar-refractivity contribution in [2.24, 2.45) is 7.05 Å². The number of aromatic nitrogens is 2. The van der Waals surface area contributed by atoms with Gasteiger partial charge < -0.3 is 14.6 Å². The monoisotopic (exact) mass is 336 g/mol. The van der Waals surface area contributed by atoms with Gasteiger partial charge in [-0.2, -0.15) is 0 Å². The Hall–Kier alpha value is -2.86. The fourth-order valence-electron chi connectivity index (χ4n) is 3.39. The van der Waals surface area contributed by atoms with Crippen molar-refractivity contribution in [2.45, 2.75) is 12.5 Å². The van der Waals surface area contributed by atoms with Gasteiger partial charge in [-0.15, -0.1) is 0 Å². The van der Waals surface area contributed by atoms with Gasteiger partial charge in [0.1, 0.15) is 11.3 Å². The molecule has 1 aliphatic heterocycles. The highest BCUT2D eigenvalue weighted by Gasteiger charge is 2.27. The van der Waals surface area contributed by atoms with Crippen molar-refractivity contribution in [1.29, 1.82) is 0 Å². The van der Waals surface area contributed by atoms with Crippen LogP contribution in [0.1, 0.15) is 17.0 Å². The van der Waals surface area contributed by atoms with Crippen molar-refractivity contribution in [1.82, 2.24) is 14.9 Å². The molecular weight excluding hydrogens is 316 g/mol. The number of imidazole rings is 1. The summed E-state index contributed by atoms with van der Waals surface area (Å²) in [5, 5.41) is 6.29. The zero-order valence-electron chi connectivity index (χ0n) is 14.2. The second kappa shape index (κ2) is 6.22. The average Bonchev–Trinajstić information content (AvgIpc) is 2.97. The molecule has 1 aromatic heterocycles. The smallest absolute Gasteiger partial charge is 0.235 e. The van der Waals surface area contributed by atoms with E-state index in [1.54, 1.807) is 7.11 Å². The number of rotatable bonds is 3. The summed E-state index contributed by atoms with van der Waals surface area (Å²) in [4.78, 5) is 17.4. The number of aryl methyl sites for hydroxylation is 1. The maximum atomic E-state index is 12.9. The Balaban J connectivity index is 1.66. The zero-order valence-corrected chi connectivity index (χ0v) is 14.2. The third-order valence-electron chi connectivity index (χ3n) is 4.74. The van der Waals surface area contributed by atoms with Gasteiger partial charge in [-0.3, -0.25) is 10.1 Å². The van der Waals surface area contributed by atoms with Crippen LogP contribution in [0.3, 0.4) is 0 Å². The summed E-state index contributed by atoms with van der Waals surface area (Å²) >= 11 is 0. The molecule has 2 N–H and O–H groups in total. The van der Waals surface area contributed by atoms with E-state index < -0.39 is 0 Å². The predicted molar refractivity (Wildman–Crippen MR) is 96.8 cm³/mol. The summed E-state index contributed by atoms with van der Waals surface area (Å²) < 4.78 is 7.24. The lowest BCUT2D eigenvalue weighted by molar-refractivity contribution is -0.117. The normalized spacial score (nSPS) is 16.5. The van der Waals surface area contributed by atoms with Crippen LogP contribution in [0.25, 0.3) is 11.0 Å². The molecule has 1 atom stereocenters. The Labute approximate surface area is 145 Å². The number of fused-ring (bicyclic) bond motifs is 2. The summed E-state index contributed by atoms with van der Waals surface area (Å²) in [7, 11) is 3.50. The molecule has 0 bridgehead atoms. The van der Waals surface area contributed by atoms with E-state index in [-0.39, 0.29) is 11.8 Å². The molecule has 6 heteroatoms. The topological polar surface area (TPSA) is 68.2 Å². The summed E-state index contributed by atoms with van der Waals surface area (Å²) in [6.07, 6.45) is 0. The molecule has 0 saturated heterocycles. The quantitative estimate of drug-likeness (QED) is 0.771. The highest BCUT2D eigenvalue weighted by atomic mass is 16.5. The fourth-order valence-corrected chi connectivity index (χ4v) is 3.39. The minimum atomic E-state index is -0.230. The van der Waals surface area contributed by atoms with Crippen LogP contribution < -0.4 is 15.4 Å². The third-order valence-corrected chi connectivity index (χ3v) is 4.74. The Morgan fingerprint density at radius 1 is 1.28 bits per heavy atom. The second-order valence-electron chi connectivity index (χ2n) is 6.19. The number of para-hydroxylation sites is 1. The van der Waals surface area contributed by atoms with Crippen molar-refractivity contribution in [3.8, 4) is 5.75 Å². The summed E-state index contributed by atoms with van der Waals surface area (Å²) in [6, 6.07) is 13.8. The Kier molecular flexibility index (Phi) is 3.89. The van der Waals surface area contributed by atoms with E-state index in [0.717, 1.165) is 23.1 Å². The summed E-state index contributed by atoms with van der Waals surface area (Å²) in [5.74, 6) is 0.925. The van der Waals surface area contributed by atoms with E-state index in [1.807, 2.05) is 48.0 Å². The van der Waals surface area contributed by atoms with E-state index >= 15 is 0 Å². The largest absolute Gasteiger partial charge is 0.494 e. The number of hydrogen-bond donors (Lipinski definition) is 2. The third kappa shape index (κ3) is 2.64. The first-order chi connectivity index (χ1) is 12.2. The number of nitrogens with zero attached hydrogens (tertiary/aromatic N) is 2. The van der Waals surface area contributed by atoms with E-state index in [2.05, 4.69) is 21.7 Å². The number of hydrogen-bond acceptors (Lipinski definition) is 4. The minimum Gasteiger partial charge on any atom is -0.494 e. The molecule has 1 unspecified atom stereocenters. The average molecular weight is 336 g/mol. The molecule has 3 aromatic rings. The lowest BCUT2D eigenvalue weighted by atomic mass is 9.90. The molecule has 0 aliphatic carbocycles. The number of ether oxygens (including phenoxy) is 1. The van der Waals surface area contributed by atoms with E-state index in [4.69, 9.17) is 4.74 Å². The number of carbonyl (C=O) groups excluding carboxylic acids is 1. The highest BCUT2D eigenvalue weighted by Crippen LogP contribution is 2.29. The van der Waals surface area contributed by atoms with E-state index in [0.29, 0.717) is 18.2 Å². The van der Waals surface area contributed by atoms with Crippen LogP contribution in [0, 0.1) is 0 Å². The van der Waals surface area contributed by atoms with Gasteiger partial charge in [0.2, 0.25) is 11.9 Å². The molecule has 1 amide bonds. The van der Waals surface area contributed by atoms with Crippen LogP contribution >= 0.6 is 0 Å². The number of benzene rings is 2. The van der Waals surface area contributed by atoms with Crippen LogP contribution in [0.4, 0.5) is 5.95 Å². The molecule has 0 saturated carbocycles. The number of amides is 1. The van der Waals surface area contributed by atoms with Crippen LogP contribution in [0.5, 0.6) is 5.75 Å². The van der Waals surface area contributed by atoms with Crippen molar-refractivity contribution < 1.29 is 9.53 Å². The van der Waals surface area contributed by atoms with E-state index in [1.165, 1.54) is 5.56 Å². The number of carbonyl (C=O) groups is 1. The molecule has 2 aromatic carbocycles. The van der Waals surface area contributed by atoms with Crippen LogP contribution in [0.15, 0.2) is 42.5 Å². The van der Waals surface area contributed by atoms with Gasteiger partial charge >= 0.3 is 0 Å². The standard InChI is InChI=1S/C19H20N4O2/c1-23-15-8-5-9-16(25-2)17(15)21-19(23)22-18(24)14-11-20-10-12-6-3-4-7-13(12)14/h3-9,14,20H,10-11H2,1-2H3,(H,21,22,24). The van der Waals surface area contributed by atoms with Gasteiger partial charge in [0, 0.05) is 20.1 Å². The van der Waals surface area contributed by atoms with Crippen LogP contribution in [-0.2, 0) is 18.4 Å². The van der Waals surface area contributed by atoms with Crippen molar-refractivity contribution in [2.75, 3.05) is 19.0 Å². The number of nitrogens with one attached hydrogen (secondary N) is 2. The van der Waals surface area contributed by atoms with Crippen LogP contribution in [0.2, 0.25) is 0 Å².